The first-order valence-electron chi connectivity index (χ1n) is 6.70. The van der Waals surface area contributed by atoms with E-state index < -0.39 is 0 Å². The highest BCUT2D eigenvalue weighted by molar-refractivity contribution is 5.48. The molecule has 3 heterocycles. The minimum Gasteiger partial charge on any atom is -0.364 e. The summed E-state index contributed by atoms with van der Waals surface area (Å²) >= 11 is 0. The van der Waals surface area contributed by atoms with Crippen LogP contribution in [0.25, 0.3) is 0 Å². The van der Waals surface area contributed by atoms with Crippen LogP contribution in [0.15, 0.2) is 18.3 Å². The molecule has 2 fully saturated rings. The molecule has 2 unspecified atom stereocenters. The summed E-state index contributed by atoms with van der Waals surface area (Å²) in [7, 11) is 0. The van der Waals surface area contributed by atoms with Gasteiger partial charge in [0.2, 0.25) is 0 Å². The molecule has 17 heavy (non-hydrogen) atoms. The van der Waals surface area contributed by atoms with Crippen LogP contribution in [0.2, 0.25) is 0 Å². The van der Waals surface area contributed by atoms with Crippen LogP contribution in [0.5, 0.6) is 0 Å². The molecular weight excluding hydrogens is 210 g/mol. The number of fused-ring (bicyclic) bond motifs is 2. The molecule has 2 saturated heterocycles. The van der Waals surface area contributed by atoms with Gasteiger partial charge in [-0.1, -0.05) is 0 Å². The molecule has 3 heteroatoms. The minimum atomic E-state index is 0.403. The molecule has 2 aliphatic rings. The smallest absolute Gasteiger partial charge is 0.0557 e. The van der Waals surface area contributed by atoms with Crippen molar-refractivity contribution in [1.82, 2.24) is 4.98 Å². The van der Waals surface area contributed by atoms with E-state index in [0.717, 1.165) is 18.5 Å². The number of aromatic nitrogens is 1. The van der Waals surface area contributed by atoms with Gasteiger partial charge in [-0.25, -0.2) is 0 Å². The fraction of sp³-hybridized carbons (Fsp3) is 0.643. The molecule has 0 amide bonds. The number of pyridine rings is 1. The predicted octanol–water partition coefficient (Wildman–Crippen LogP) is 2.24. The topological polar surface area (TPSA) is 42.1 Å². The summed E-state index contributed by atoms with van der Waals surface area (Å²) in [5, 5.41) is 0. The largest absolute Gasteiger partial charge is 0.364 e. The lowest BCUT2D eigenvalue weighted by molar-refractivity contribution is 0.271. The van der Waals surface area contributed by atoms with Crippen LogP contribution in [0.3, 0.4) is 0 Å². The van der Waals surface area contributed by atoms with Crippen LogP contribution in [0.1, 0.15) is 37.8 Å². The van der Waals surface area contributed by atoms with E-state index in [2.05, 4.69) is 22.0 Å². The molecule has 2 bridgehead atoms. The van der Waals surface area contributed by atoms with Gasteiger partial charge < -0.3 is 10.6 Å². The molecule has 1 aromatic heterocycles. The molecule has 2 N–H and O–H groups in total. The fourth-order valence-corrected chi connectivity index (χ4v) is 3.46. The molecular formula is C14H21N3. The summed E-state index contributed by atoms with van der Waals surface area (Å²) < 4.78 is 0. The number of anilines is 1. The Hall–Kier alpha value is -1.09. The Morgan fingerprint density at radius 3 is 2.53 bits per heavy atom. The monoisotopic (exact) mass is 231 g/mol. The summed E-state index contributed by atoms with van der Waals surface area (Å²) in [6.45, 7) is 2.04. The van der Waals surface area contributed by atoms with Crippen LogP contribution in [-0.2, 0) is 0 Å². The normalized spacial score (nSPS) is 32.6. The number of nitrogens with two attached hydrogens (primary N) is 1. The summed E-state index contributed by atoms with van der Waals surface area (Å²) in [5.74, 6) is 0. The Labute approximate surface area is 103 Å². The second kappa shape index (κ2) is 4.30. The SMILES string of the molecule is Cc1ccc(N2C3CCCC2CC(N)C3)cn1. The molecule has 92 valence electrons. The molecule has 3 rings (SSSR count). The Morgan fingerprint density at radius 1 is 1.24 bits per heavy atom. The van der Waals surface area contributed by atoms with Crippen LogP contribution in [0.4, 0.5) is 5.69 Å². The van der Waals surface area contributed by atoms with Gasteiger partial charge in [0.1, 0.15) is 0 Å². The van der Waals surface area contributed by atoms with Crippen LogP contribution < -0.4 is 10.6 Å². The van der Waals surface area contributed by atoms with Crippen LogP contribution >= 0.6 is 0 Å². The van der Waals surface area contributed by atoms with E-state index in [-0.39, 0.29) is 0 Å². The van der Waals surface area contributed by atoms with E-state index in [1.54, 1.807) is 0 Å². The average molecular weight is 231 g/mol. The summed E-state index contributed by atoms with van der Waals surface area (Å²) in [6.07, 6.45) is 8.25. The third-order valence-electron chi connectivity index (χ3n) is 4.21. The quantitative estimate of drug-likeness (QED) is 0.806. The molecule has 1 aromatic rings. The second-order valence-electron chi connectivity index (χ2n) is 5.54. The zero-order valence-corrected chi connectivity index (χ0v) is 10.5. The van der Waals surface area contributed by atoms with Crippen molar-refractivity contribution in [2.45, 2.75) is 57.2 Å². The maximum absolute atomic E-state index is 6.15. The number of aryl methyl sites for hydroxylation is 1. The van der Waals surface area contributed by atoms with Crippen molar-refractivity contribution in [3.05, 3.63) is 24.0 Å². The third-order valence-corrected chi connectivity index (χ3v) is 4.21. The van der Waals surface area contributed by atoms with E-state index in [1.807, 2.05) is 13.1 Å². The predicted molar refractivity (Wildman–Crippen MR) is 70.1 cm³/mol. The Morgan fingerprint density at radius 2 is 1.94 bits per heavy atom. The number of piperidine rings is 2. The van der Waals surface area contributed by atoms with E-state index in [0.29, 0.717) is 18.1 Å². The number of rotatable bonds is 1. The highest BCUT2D eigenvalue weighted by Crippen LogP contribution is 2.36. The maximum Gasteiger partial charge on any atom is 0.0557 e. The zero-order valence-electron chi connectivity index (χ0n) is 10.5. The van der Waals surface area contributed by atoms with Crippen molar-refractivity contribution in [3.63, 3.8) is 0 Å². The first-order valence-corrected chi connectivity index (χ1v) is 6.70. The molecule has 3 nitrogen and oxygen atoms in total. The van der Waals surface area contributed by atoms with Gasteiger partial charge in [0.05, 0.1) is 11.9 Å². The minimum absolute atomic E-state index is 0.403. The van der Waals surface area contributed by atoms with E-state index in [1.165, 1.54) is 24.9 Å². The Bertz CT molecular complexity index is 373. The lowest BCUT2D eigenvalue weighted by atomic mass is 9.82. The van der Waals surface area contributed by atoms with Gasteiger partial charge in [-0.3, -0.25) is 4.98 Å². The molecule has 0 spiro atoms. The van der Waals surface area contributed by atoms with Gasteiger partial charge in [-0.2, -0.15) is 0 Å². The molecule has 0 saturated carbocycles. The molecule has 0 aliphatic carbocycles. The Balaban J connectivity index is 1.89. The molecule has 2 atom stereocenters. The maximum atomic E-state index is 6.15. The van der Waals surface area contributed by atoms with Gasteiger partial charge in [0.25, 0.3) is 0 Å². The van der Waals surface area contributed by atoms with Crippen LogP contribution in [-0.4, -0.2) is 23.1 Å². The standard InChI is InChI=1S/C14H21N3/c1-10-5-6-14(9-16-10)17-12-3-2-4-13(17)8-11(15)7-12/h5-6,9,11-13H,2-4,7-8,15H2,1H3. The summed E-state index contributed by atoms with van der Waals surface area (Å²) in [6, 6.07) is 6.01. The number of hydrogen-bond acceptors (Lipinski definition) is 3. The fourth-order valence-electron chi connectivity index (χ4n) is 3.46. The molecule has 0 aromatic carbocycles. The van der Waals surface area contributed by atoms with Gasteiger partial charge in [-0.05, 0) is 51.2 Å². The summed E-state index contributed by atoms with van der Waals surface area (Å²) in [5.41, 5.74) is 8.53. The van der Waals surface area contributed by atoms with Crippen molar-refractivity contribution in [3.8, 4) is 0 Å². The number of hydrogen-bond donors (Lipinski definition) is 1. The van der Waals surface area contributed by atoms with Crippen molar-refractivity contribution in [2.24, 2.45) is 5.73 Å². The third kappa shape index (κ3) is 2.04. The molecule has 2 aliphatic heterocycles. The van der Waals surface area contributed by atoms with Gasteiger partial charge >= 0.3 is 0 Å². The lowest BCUT2D eigenvalue weighted by Crippen LogP contribution is -2.55. The lowest BCUT2D eigenvalue weighted by Gasteiger charge is -2.49. The van der Waals surface area contributed by atoms with Gasteiger partial charge in [0, 0.05) is 23.8 Å². The average Bonchev–Trinajstić information content (AvgIpc) is 2.29. The van der Waals surface area contributed by atoms with E-state index in [9.17, 15) is 0 Å². The second-order valence-corrected chi connectivity index (χ2v) is 5.54. The van der Waals surface area contributed by atoms with Crippen molar-refractivity contribution < 1.29 is 0 Å². The molecule has 0 radical (unpaired) electrons. The van der Waals surface area contributed by atoms with Crippen molar-refractivity contribution >= 4 is 5.69 Å². The first kappa shape index (κ1) is 11.0. The highest BCUT2D eigenvalue weighted by Gasteiger charge is 2.37. The van der Waals surface area contributed by atoms with Crippen molar-refractivity contribution in [1.29, 1.82) is 0 Å². The number of nitrogens with zero attached hydrogens (tertiary/aromatic N) is 2. The van der Waals surface area contributed by atoms with Crippen molar-refractivity contribution in [2.75, 3.05) is 4.90 Å². The highest BCUT2D eigenvalue weighted by atomic mass is 15.2. The van der Waals surface area contributed by atoms with E-state index in [4.69, 9.17) is 5.73 Å². The van der Waals surface area contributed by atoms with Gasteiger partial charge in [-0.15, -0.1) is 0 Å². The summed E-state index contributed by atoms with van der Waals surface area (Å²) in [4.78, 5) is 7.01. The Kier molecular flexibility index (Phi) is 2.79. The first-order chi connectivity index (χ1) is 8.24. The van der Waals surface area contributed by atoms with E-state index >= 15 is 0 Å². The van der Waals surface area contributed by atoms with Gasteiger partial charge in [0.15, 0.2) is 0 Å². The van der Waals surface area contributed by atoms with Crippen LogP contribution in [0, 0.1) is 6.92 Å². The zero-order chi connectivity index (χ0) is 11.8.